The van der Waals surface area contributed by atoms with E-state index in [2.05, 4.69) is 10.3 Å². The number of carbonyl (C=O) groups is 1. The number of nitrogens with one attached hydrogen (secondary N) is 1. The molecule has 1 heterocycles. The van der Waals surface area contributed by atoms with Gasteiger partial charge in [-0.3, -0.25) is 4.79 Å². The number of benzene rings is 2. The molecule has 132 valence electrons. The van der Waals surface area contributed by atoms with Crippen molar-refractivity contribution in [3.63, 3.8) is 0 Å². The van der Waals surface area contributed by atoms with Gasteiger partial charge in [0.25, 0.3) is 5.91 Å². The number of aryl methyl sites for hydroxylation is 1. The molecule has 1 amide bonds. The Morgan fingerprint density at radius 3 is 2.46 bits per heavy atom. The summed E-state index contributed by atoms with van der Waals surface area (Å²) in [5, 5.41) is 3.32. The third-order valence-corrected chi connectivity index (χ3v) is 4.17. The van der Waals surface area contributed by atoms with Gasteiger partial charge in [-0.15, -0.1) is 0 Å². The Morgan fingerprint density at radius 2 is 1.81 bits per heavy atom. The van der Waals surface area contributed by atoms with Crippen LogP contribution in [0.2, 0.25) is 5.02 Å². The number of nitrogens with two attached hydrogens (primary N) is 1. The summed E-state index contributed by atoms with van der Waals surface area (Å²) < 4.78 is 5.36. The number of anilines is 2. The standard InChI is InChI=1S/C20H18ClN3O2/c1-12-3-5-13(6-4-12)20(25)24-18-10-8-15(19(22)23-18)16-11-14(21)7-9-17(16)26-2/h3-11H,1-2H3,(H3,22,23,24,25). The summed E-state index contributed by atoms with van der Waals surface area (Å²) >= 11 is 6.08. The average molecular weight is 368 g/mol. The Bertz CT molecular complexity index is 956. The topological polar surface area (TPSA) is 77.2 Å². The Kier molecular flexibility index (Phi) is 5.09. The van der Waals surface area contributed by atoms with Crippen molar-refractivity contribution in [1.29, 1.82) is 0 Å². The first-order chi connectivity index (χ1) is 12.5. The largest absolute Gasteiger partial charge is 0.496 e. The zero-order chi connectivity index (χ0) is 18.7. The number of aromatic nitrogens is 1. The van der Waals surface area contributed by atoms with Crippen LogP contribution in [0.25, 0.3) is 11.1 Å². The van der Waals surface area contributed by atoms with Gasteiger partial charge in [0, 0.05) is 21.7 Å². The second-order valence-electron chi connectivity index (χ2n) is 5.79. The van der Waals surface area contributed by atoms with Gasteiger partial charge in [-0.05, 0) is 49.4 Å². The molecule has 0 spiro atoms. The lowest BCUT2D eigenvalue weighted by molar-refractivity contribution is 0.102. The van der Waals surface area contributed by atoms with Gasteiger partial charge < -0.3 is 15.8 Å². The zero-order valence-corrected chi connectivity index (χ0v) is 15.2. The van der Waals surface area contributed by atoms with E-state index < -0.39 is 0 Å². The summed E-state index contributed by atoms with van der Waals surface area (Å²) in [5.74, 6) is 1.04. The number of amides is 1. The van der Waals surface area contributed by atoms with Crippen LogP contribution >= 0.6 is 11.6 Å². The monoisotopic (exact) mass is 367 g/mol. The molecule has 3 rings (SSSR count). The third-order valence-electron chi connectivity index (χ3n) is 3.93. The number of nitrogen functional groups attached to an aromatic ring is 1. The lowest BCUT2D eigenvalue weighted by atomic mass is 10.1. The molecule has 2 aromatic carbocycles. The Morgan fingerprint density at radius 1 is 1.08 bits per heavy atom. The van der Waals surface area contributed by atoms with E-state index in [9.17, 15) is 4.79 Å². The average Bonchev–Trinajstić information content (AvgIpc) is 2.62. The van der Waals surface area contributed by atoms with Crippen LogP contribution in [0.3, 0.4) is 0 Å². The molecule has 0 aliphatic carbocycles. The molecule has 1 aromatic heterocycles. The molecule has 0 unspecified atom stereocenters. The number of halogens is 1. The second-order valence-corrected chi connectivity index (χ2v) is 6.23. The molecule has 5 nitrogen and oxygen atoms in total. The van der Waals surface area contributed by atoms with Crippen molar-refractivity contribution in [3.05, 3.63) is 70.7 Å². The first-order valence-corrected chi connectivity index (χ1v) is 8.34. The van der Waals surface area contributed by atoms with Gasteiger partial charge in [-0.1, -0.05) is 29.3 Å². The number of carbonyl (C=O) groups excluding carboxylic acids is 1. The van der Waals surface area contributed by atoms with E-state index in [0.29, 0.717) is 27.7 Å². The van der Waals surface area contributed by atoms with E-state index in [1.54, 1.807) is 49.6 Å². The van der Waals surface area contributed by atoms with Crippen LogP contribution in [0.1, 0.15) is 15.9 Å². The summed E-state index contributed by atoms with van der Waals surface area (Å²) in [7, 11) is 1.58. The molecular weight excluding hydrogens is 350 g/mol. The maximum atomic E-state index is 12.3. The molecule has 0 atom stereocenters. The van der Waals surface area contributed by atoms with Crippen molar-refractivity contribution >= 4 is 29.1 Å². The molecule has 0 radical (unpaired) electrons. The Balaban J connectivity index is 1.87. The van der Waals surface area contributed by atoms with Gasteiger partial charge in [0.15, 0.2) is 0 Å². The number of nitrogens with zero attached hydrogens (tertiary/aromatic N) is 1. The van der Waals surface area contributed by atoms with Gasteiger partial charge in [-0.25, -0.2) is 4.98 Å². The zero-order valence-electron chi connectivity index (χ0n) is 14.4. The number of ether oxygens (including phenoxy) is 1. The summed E-state index contributed by atoms with van der Waals surface area (Å²) in [6, 6.07) is 16.0. The fourth-order valence-corrected chi connectivity index (χ4v) is 2.73. The van der Waals surface area contributed by atoms with Crippen molar-refractivity contribution in [2.75, 3.05) is 18.2 Å². The van der Waals surface area contributed by atoms with Crippen LogP contribution in [0.4, 0.5) is 11.6 Å². The van der Waals surface area contributed by atoms with Crippen molar-refractivity contribution in [2.24, 2.45) is 0 Å². The first-order valence-electron chi connectivity index (χ1n) is 7.96. The molecule has 0 bridgehead atoms. The van der Waals surface area contributed by atoms with Crippen LogP contribution < -0.4 is 15.8 Å². The van der Waals surface area contributed by atoms with Gasteiger partial charge in [-0.2, -0.15) is 0 Å². The number of hydrogen-bond donors (Lipinski definition) is 2. The maximum Gasteiger partial charge on any atom is 0.256 e. The molecule has 0 aliphatic rings. The van der Waals surface area contributed by atoms with Crippen LogP contribution in [-0.2, 0) is 0 Å². The van der Waals surface area contributed by atoms with Gasteiger partial charge >= 0.3 is 0 Å². The first kappa shape index (κ1) is 17.8. The fourth-order valence-electron chi connectivity index (χ4n) is 2.56. The van der Waals surface area contributed by atoms with Crippen molar-refractivity contribution < 1.29 is 9.53 Å². The lowest BCUT2D eigenvalue weighted by Crippen LogP contribution is -2.13. The highest BCUT2D eigenvalue weighted by atomic mass is 35.5. The second kappa shape index (κ2) is 7.45. The van der Waals surface area contributed by atoms with Crippen molar-refractivity contribution in [3.8, 4) is 16.9 Å². The minimum Gasteiger partial charge on any atom is -0.496 e. The predicted molar refractivity (Wildman–Crippen MR) is 105 cm³/mol. The number of hydrogen-bond acceptors (Lipinski definition) is 4. The number of methoxy groups -OCH3 is 1. The van der Waals surface area contributed by atoms with E-state index in [0.717, 1.165) is 11.1 Å². The van der Waals surface area contributed by atoms with Gasteiger partial charge in [0.1, 0.15) is 17.4 Å². The quantitative estimate of drug-likeness (QED) is 0.709. The number of pyridine rings is 1. The van der Waals surface area contributed by atoms with E-state index >= 15 is 0 Å². The van der Waals surface area contributed by atoms with Crippen molar-refractivity contribution in [2.45, 2.75) is 6.92 Å². The molecular formula is C20H18ClN3O2. The summed E-state index contributed by atoms with van der Waals surface area (Å²) in [5.41, 5.74) is 9.16. The van der Waals surface area contributed by atoms with Gasteiger partial charge in [0.05, 0.1) is 7.11 Å². The van der Waals surface area contributed by atoms with Crippen molar-refractivity contribution in [1.82, 2.24) is 4.98 Å². The van der Waals surface area contributed by atoms with Crippen LogP contribution in [-0.4, -0.2) is 18.0 Å². The molecule has 0 fully saturated rings. The Labute approximate surface area is 156 Å². The summed E-state index contributed by atoms with van der Waals surface area (Å²) in [4.78, 5) is 16.6. The molecule has 6 heteroatoms. The van der Waals surface area contributed by atoms with E-state index in [1.165, 1.54) is 0 Å². The third kappa shape index (κ3) is 3.78. The number of rotatable bonds is 4. The van der Waals surface area contributed by atoms with E-state index in [4.69, 9.17) is 22.1 Å². The molecule has 3 N–H and O–H groups in total. The van der Waals surface area contributed by atoms with E-state index in [1.807, 2.05) is 19.1 Å². The molecule has 0 saturated heterocycles. The smallest absolute Gasteiger partial charge is 0.256 e. The minimum absolute atomic E-state index is 0.245. The Hall–Kier alpha value is -3.05. The molecule has 0 aliphatic heterocycles. The fraction of sp³-hybridized carbons (Fsp3) is 0.100. The molecule has 3 aromatic rings. The van der Waals surface area contributed by atoms with Crippen LogP contribution in [0.15, 0.2) is 54.6 Å². The molecule has 26 heavy (non-hydrogen) atoms. The summed E-state index contributed by atoms with van der Waals surface area (Å²) in [6.45, 7) is 1.97. The maximum absolute atomic E-state index is 12.3. The highest BCUT2D eigenvalue weighted by Gasteiger charge is 2.13. The normalized spacial score (nSPS) is 10.4. The molecule has 0 saturated carbocycles. The van der Waals surface area contributed by atoms with Gasteiger partial charge in [0.2, 0.25) is 0 Å². The minimum atomic E-state index is -0.245. The predicted octanol–water partition coefficient (Wildman–Crippen LogP) is 4.55. The van der Waals surface area contributed by atoms with Crippen LogP contribution in [0.5, 0.6) is 5.75 Å². The summed E-state index contributed by atoms with van der Waals surface area (Å²) in [6.07, 6.45) is 0. The SMILES string of the molecule is COc1ccc(Cl)cc1-c1ccc(NC(=O)c2ccc(C)cc2)nc1N. The lowest BCUT2D eigenvalue weighted by Gasteiger charge is -2.12. The highest BCUT2D eigenvalue weighted by Crippen LogP contribution is 2.35. The van der Waals surface area contributed by atoms with Crippen LogP contribution in [0, 0.1) is 6.92 Å². The highest BCUT2D eigenvalue weighted by molar-refractivity contribution is 6.31. The van der Waals surface area contributed by atoms with E-state index in [-0.39, 0.29) is 11.7 Å².